The van der Waals surface area contributed by atoms with Crippen LogP contribution in [0.2, 0.25) is 5.02 Å². The SMILES string of the molecule is CN(CCn1cccn1)Cc1cccc(C(=O)O)c1Cl. The van der Waals surface area contributed by atoms with E-state index >= 15 is 0 Å². The Balaban J connectivity index is 1.99. The van der Waals surface area contributed by atoms with Crippen LogP contribution in [-0.4, -0.2) is 39.3 Å². The summed E-state index contributed by atoms with van der Waals surface area (Å²) < 4.78 is 1.85. The molecule has 1 aromatic heterocycles. The van der Waals surface area contributed by atoms with Crippen molar-refractivity contribution in [2.75, 3.05) is 13.6 Å². The van der Waals surface area contributed by atoms with Crippen molar-refractivity contribution < 1.29 is 9.90 Å². The quantitative estimate of drug-likeness (QED) is 0.888. The third-order valence-electron chi connectivity index (χ3n) is 3.02. The van der Waals surface area contributed by atoms with E-state index in [4.69, 9.17) is 16.7 Å². The first-order valence-corrected chi connectivity index (χ1v) is 6.62. The van der Waals surface area contributed by atoms with Crippen LogP contribution in [0.15, 0.2) is 36.7 Å². The molecule has 6 heteroatoms. The maximum atomic E-state index is 11.0. The summed E-state index contributed by atoms with van der Waals surface area (Å²) in [5, 5.41) is 13.5. The lowest BCUT2D eigenvalue weighted by Crippen LogP contribution is -2.23. The molecule has 20 heavy (non-hydrogen) atoms. The fourth-order valence-electron chi connectivity index (χ4n) is 1.94. The van der Waals surface area contributed by atoms with Gasteiger partial charge in [-0.05, 0) is 24.7 Å². The highest BCUT2D eigenvalue weighted by Gasteiger charge is 2.13. The molecule has 0 aliphatic rings. The van der Waals surface area contributed by atoms with Gasteiger partial charge in [0.2, 0.25) is 0 Å². The fourth-order valence-corrected chi connectivity index (χ4v) is 2.21. The number of carbonyl (C=O) groups is 1. The smallest absolute Gasteiger partial charge is 0.337 e. The van der Waals surface area contributed by atoms with Crippen molar-refractivity contribution in [1.82, 2.24) is 14.7 Å². The maximum absolute atomic E-state index is 11.0. The van der Waals surface area contributed by atoms with Crippen LogP contribution in [0.4, 0.5) is 0 Å². The summed E-state index contributed by atoms with van der Waals surface area (Å²) >= 11 is 6.12. The molecule has 1 N–H and O–H groups in total. The Hall–Kier alpha value is -1.85. The molecule has 0 fully saturated rings. The summed E-state index contributed by atoms with van der Waals surface area (Å²) in [4.78, 5) is 13.1. The second kappa shape index (κ2) is 6.54. The summed E-state index contributed by atoms with van der Waals surface area (Å²) in [7, 11) is 1.97. The molecule has 1 heterocycles. The molecule has 0 amide bonds. The van der Waals surface area contributed by atoms with Gasteiger partial charge in [0.15, 0.2) is 0 Å². The van der Waals surface area contributed by atoms with Crippen LogP contribution in [0, 0.1) is 0 Å². The molecule has 0 bridgehead atoms. The topological polar surface area (TPSA) is 58.4 Å². The highest BCUT2D eigenvalue weighted by atomic mass is 35.5. The van der Waals surface area contributed by atoms with Crippen molar-refractivity contribution in [3.05, 3.63) is 52.8 Å². The first-order valence-electron chi connectivity index (χ1n) is 6.24. The van der Waals surface area contributed by atoms with Gasteiger partial charge in [0.25, 0.3) is 0 Å². The number of hydrogen-bond donors (Lipinski definition) is 1. The molecule has 0 radical (unpaired) electrons. The molecule has 106 valence electrons. The highest BCUT2D eigenvalue weighted by Crippen LogP contribution is 2.22. The number of likely N-dealkylation sites (N-methyl/N-ethyl adjacent to an activating group) is 1. The van der Waals surface area contributed by atoms with Crippen LogP contribution >= 0.6 is 11.6 Å². The van der Waals surface area contributed by atoms with Gasteiger partial charge in [0, 0.05) is 25.5 Å². The molecule has 0 aliphatic heterocycles. The van der Waals surface area contributed by atoms with E-state index in [1.165, 1.54) is 6.07 Å². The average molecular weight is 294 g/mol. The molecule has 0 aliphatic carbocycles. The van der Waals surface area contributed by atoms with Crippen molar-refractivity contribution in [3.8, 4) is 0 Å². The van der Waals surface area contributed by atoms with Crippen molar-refractivity contribution in [2.45, 2.75) is 13.1 Å². The molecular formula is C14H16ClN3O2. The van der Waals surface area contributed by atoms with E-state index in [2.05, 4.69) is 10.00 Å². The van der Waals surface area contributed by atoms with Crippen molar-refractivity contribution in [1.29, 1.82) is 0 Å². The van der Waals surface area contributed by atoms with E-state index in [9.17, 15) is 4.79 Å². The summed E-state index contributed by atoms with van der Waals surface area (Å²) in [5.41, 5.74) is 0.958. The molecule has 0 saturated carbocycles. The molecular weight excluding hydrogens is 278 g/mol. The zero-order valence-electron chi connectivity index (χ0n) is 11.2. The standard InChI is InChI=1S/C14H16ClN3O2/c1-17(8-9-18-7-3-6-16-18)10-11-4-2-5-12(13(11)15)14(19)20/h2-7H,8-10H2,1H3,(H,19,20). The number of carboxylic acid groups (broad SMARTS) is 1. The van der Waals surface area contributed by atoms with Crippen molar-refractivity contribution in [3.63, 3.8) is 0 Å². The van der Waals surface area contributed by atoms with Gasteiger partial charge in [-0.15, -0.1) is 0 Å². The van der Waals surface area contributed by atoms with Gasteiger partial charge in [0.05, 0.1) is 17.1 Å². The van der Waals surface area contributed by atoms with Gasteiger partial charge in [-0.3, -0.25) is 4.68 Å². The molecule has 0 saturated heterocycles. The first kappa shape index (κ1) is 14.6. The molecule has 0 spiro atoms. The number of rotatable bonds is 6. The summed E-state index contributed by atoms with van der Waals surface area (Å²) in [6.45, 7) is 2.18. The van der Waals surface area contributed by atoms with Gasteiger partial charge in [-0.25, -0.2) is 4.79 Å². The van der Waals surface area contributed by atoms with Gasteiger partial charge in [-0.1, -0.05) is 23.7 Å². The molecule has 1 aromatic carbocycles. The number of aromatic carboxylic acids is 1. The predicted molar refractivity (Wildman–Crippen MR) is 77.0 cm³/mol. The average Bonchev–Trinajstić information content (AvgIpc) is 2.91. The summed E-state index contributed by atoms with van der Waals surface area (Å²) in [5.74, 6) is -1.00. The normalized spacial score (nSPS) is 10.9. The van der Waals surface area contributed by atoms with Gasteiger partial charge >= 0.3 is 5.97 Å². The minimum absolute atomic E-state index is 0.143. The Labute approximate surface area is 122 Å². The Morgan fingerprint density at radius 2 is 2.25 bits per heavy atom. The lowest BCUT2D eigenvalue weighted by atomic mass is 10.1. The summed E-state index contributed by atoms with van der Waals surface area (Å²) in [6, 6.07) is 6.95. The van der Waals surface area contributed by atoms with Crippen LogP contribution in [0.5, 0.6) is 0 Å². The Morgan fingerprint density at radius 3 is 2.90 bits per heavy atom. The lowest BCUT2D eigenvalue weighted by Gasteiger charge is -2.18. The molecule has 5 nitrogen and oxygen atoms in total. The number of carboxylic acids is 1. The monoisotopic (exact) mass is 293 g/mol. The Morgan fingerprint density at radius 1 is 1.45 bits per heavy atom. The third kappa shape index (κ3) is 3.59. The molecule has 0 atom stereocenters. The van der Waals surface area contributed by atoms with Gasteiger partial charge < -0.3 is 10.0 Å². The maximum Gasteiger partial charge on any atom is 0.337 e. The number of halogens is 1. The minimum Gasteiger partial charge on any atom is -0.478 e. The zero-order chi connectivity index (χ0) is 14.5. The second-order valence-corrected chi connectivity index (χ2v) is 4.97. The highest BCUT2D eigenvalue weighted by molar-refractivity contribution is 6.34. The van der Waals surface area contributed by atoms with Crippen LogP contribution in [-0.2, 0) is 13.1 Å². The van der Waals surface area contributed by atoms with E-state index in [1.54, 1.807) is 12.3 Å². The van der Waals surface area contributed by atoms with Gasteiger partial charge in [-0.2, -0.15) is 5.10 Å². The minimum atomic E-state index is -1.00. The van der Waals surface area contributed by atoms with Crippen LogP contribution in [0.1, 0.15) is 15.9 Å². The fraction of sp³-hybridized carbons (Fsp3) is 0.286. The Bertz CT molecular complexity index is 584. The number of hydrogen-bond acceptors (Lipinski definition) is 3. The number of nitrogens with zero attached hydrogens (tertiary/aromatic N) is 3. The second-order valence-electron chi connectivity index (χ2n) is 4.59. The lowest BCUT2D eigenvalue weighted by molar-refractivity contribution is 0.0697. The molecule has 0 unspecified atom stereocenters. The van der Waals surface area contributed by atoms with Crippen LogP contribution < -0.4 is 0 Å². The van der Waals surface area contributed by atoms with E-state index in [0.29, 0.717) is 11.6 Å². The molecule has 2 aromatic rings. The Kier molecular flexibility index (Phi) is 4.76. The number of aromatic nitrogens is 2. The van der Waals surface area contributed by atoms with E-state index in [-0.39, 0.29) is 5.56 Å². The first-order chi connectivity index (χ1) is 9.58. The van der Waals surface area contributed by atoms with Crippen LogP contribution in [0.25, 0.3) is 0 Å². The summed E-state index contributed by atoms with van der Waals surface area (Å²) in [6.07, 6.45) is 3.65. The van der Waals surface area contributed by atoms with Crippen LogP contribution in [0.3, 0.4) is 0 Å². The van der Waals surface area contributed by atoms with E-state index in [0.717, 1.165) is 18.7 Å². The molecule has 2 rings (SSSR count). The predicted octanol–water partition coefficient (Wildman–Crippen LogP) is 2.37. The van der Waals surface area contributed by atoms with E-state index < -0.39 is 5.97 Å². The van der Waals surface area contributed by atoms with Gasteiger partial charge in [0.1, 0.15) is 0 Å². The van der Waals surface area contributed by atoms with E-state index in [1.807, 2.05) is 30.1 Å². The van der Waals surface area contributed by atoms with Crippen molar-refractivity contribution >= 4 is 17.6 Å². The van der Waals surface area contributed by atoms with Crippen molar-refractivity contribution in [2.24, 2.45) is 0 Å². The largest absolute Gasteiger partial charge is 0.478 e. The third-order valence-corrected chi connectivity index (χ3v) is 3.47. The zero-order valence-corrected chi connectivity index (χ0v) is 11.9. The number of benzene rings is 1.